The van der Waals surface area contributed by atoms with Crippen LogP contribution in [0.15, 0.2) is 11.6 Å². The van der Waals surface area contributed by atoms with E-state index in [1.165, 1.54) is 57.8 Å². The predicted molar refractivity (Wildman–Crippen MR) is 149 cm³/mol. The molecule has 8 atom stereocenters. The molecule has 0 heterocycles. The van der Waals surface area contributed by atoms with Gasteiger partial charge in [0.05, 0.1) is 14.0 Å². The second kappa shape index (κ2) is 16.0. The summed E-state index contributed by atoms with van der Waals surface area (Å²) in [5, 5.41) is 10.2. The van der Waals surface area contributed by atoms with Gasteiger partial charge >= 0.3 is 68.9 Å². The van der Waals surface area contributed by atoms with Gasteiger partial charge < -0.3 is 12.5 Å². The van der Waals surface area contributed by atoms with Gasteiger partial charge in [0.2, 0.25) is 0 Å². The Labute approximate surface area is 275 Å². The van der Waals surface area contributed by atoms with Crippen molar-refractivity contribution in [1.29, 1.82) is 0 Å². The smallest absolute Gasteiger partial charge is 0.393 e. The quantitative estimate of drug-likeness (QED) is 0.229. The first-order valence-electron chi connectivity index (χ1n) is 14.4. The van der Waals surface area contributed by atoms with E-state index in [1.807, 2.05) is 27.7 Å². The Kier molecular flexibility index (Phi) is 16.9. The molecule has 3 heteroatoms. The van der Waals surface area contributed by atoms with Crippen molar-refractivity contribution in [3.05, 3.63) is 19.1 Å². The topological polar surface area (TPSA) is 20.2 Å². The maximum Gasteiger partial charge on any atom is 1.00 e. The summed E-state index contributed by atoms with van der Waals surface area (Å²) in [4.78, 5) is 0. The minimum Gasteiger partial charge on any atom is -0.393 e. The summed E-state index contributed by atoms with van der Waals surface area (Å²) >= 11 is 0. The molecular formula is C31H58BCsO. The van der Waals surface area contributed by atoms with Gasteiger partial charge in [-0.1, -0.05) is 91.6 Å². The van der Waals surface area contributed by atoms with Crippen molar-refractivity contribution in [1.82, 2.24) is 0 Å². The monoisotopic (exact) mass is 590 g/mol. The van der Waals surface area contributed by atoms with Crippen LogP contribution in [0.25, 0.3) is 0 Å². The summed E-state index contributed by atoms with van der Waals surface area (Å²) in [5.74, 6) is 4.60. The molecule has 1 N–H and O–H groups in total. The minimum atomic E-state index is -0.0854. The summed E-state index contributed by atoms with van der Waals surface area (Å²) in [7, 11) is 6.32. The average molecular weight is 591 g/mol. The maximum absolute atomic E-state index is 10.2. The molecule has 0 saturated heterocycles. The van der Waals surface area contributed by atoms with Gasteiger partial charge in [-0.25, -0.2) is 0 Å². The molecular weight excluding hydrogens is 532 g/mol. The van der Waals surface area contributed by atoms with Crippen molar-refractivity contribution < 1.29 is 74.0 Å². The molecule has 0 spiro atoms. The van der Waals surface area contributed by atoms with E-state index in [4.69, 9.17) is 7.85 Å². The van der Waals surface area contributed by atoms with E-state index in [0.717, 1.165) is 36.5 Å². The van der Waals surface area contributed by atoms with E-state index < -0.39 is 0 Å². The molecule has 4 rings (SSSR count). The van der Waals surface area contributed by atoms with Gasteiger partial charge in [-0.05, 0) is 92.3 Å². The molecule has 3 fully saturated rings. The van der Waals surface area contributed by atoms with E-state index >= 15 is 0 Å². The van der Waals surface area contributed by atoms with Gasteiger partial charge in [-0.2, -0.15) is 0 Å². The Morgan fingerprint density at radius 2 is 1.65 bits per heavy atom. The predicted octanol–water partition coefficient (Wildman–Crippen LogP) is 6.22. The van der Waals surface area contributed by atoms with Gasteiger partial charge in [0, 0.05) is 0 Å². The van der Waals surface area contributed by atoms with Crippen LogP contribution < -0.4 is 68.9 Å². The van der Waals surface area contributed by atoms with Crippen molar-refractivity contribution in [3.8, 4) is 0 Å². The SMILES string of the molecule is CC.CC.[B]C(CCC[C@H]1CCC2C3CC=C4CC(O)CCC4(C)C3CCC21C)C(C)C.[CH3-].[Cs+]. The molecule has 0 bridgehead atoms. The van der Waals surface area contributed by atoms with Gasteiger partial charge in [0.25, 0.3) is 0 Å². The molecule has 7 unspecified atom stereocenters. The van der Waals surface area contributed by atoms with Crippen LogP contribution in [0.1, 0.15) is 126 Å². The third-order valence-electron chi connectivity index (χ3n) is 10.2. The zero-order chi connectivity index (χ0) is 24.1. The standard InChI is InChI=1S/C26H43BO.2C2H6.CH3.Cs/c1-17(2)24(27)7-5-6-18-9-11-22-21-10-8-19-16-20(28)12-14-26(19,4)23(21)13-15-25(18,22)3;2*1-2;;/h8,17-18,20-24,28H,5-7,9-16H2,1-4H3;2*1-2H3;1H3;/q;;;-1;+1/t18-,20?,21?,22?,23?,24?,25?,26?;;;;/m0..../s1. The molecule has 34 heavy (non-hydrogen) atoms. The molecule has 0 aromatic heterocycles. The van der Waals surface area contributed by atoms with Crippen LogP contribution in [0.2, 0.25) is 5.82 Å². The Morgan fingerprint density at radius 1 is 1.00 bits per heavy atom. The first-order valence-corrected chi connectivity index (χ1v) is 14.4. The van der Waals surface area contributed by atoms with Crippen LogP contribution in [0.5, 0.6) is 0 Å². The van der Waals surface area contributed by atoms with Crippen molar-refractivity contribution in [3.63, 3.8) is 0 Å². The van der Waals surface area contributed by atoms with Crippen molar-refractivity contribution >= 4 is 7.85 Å². The minimum absolute atomic E-state index is 0. The van der Waals surface area contributed by atoms with Gasteiger partial charge in [-0.15, -0.1) is 0 Å². The van der Waals surface area contributed by atoms with Crippen LogP contribution in [0, 0.1) is 47.8 Å². The zero-order valence-corrected chi connectivity index (χ0v) is 31.2. The fourth-order valence-corrected chi connectivity index (χ4v) is 8.16. The molecule has 2 radical (unpaired) electrons. The largest absolute Gasteiger partial charge is 1.00 e. The normalized spacial score (nSPS) is 38.6. The van der Waals surface area contributed by atoms with Gasteiger partial charge in [0.1, 0.15) is 0 Å². The summed E-state index contributed by atoms with van der Waals surface area (Å²) in [5.41, 5.74) is 2.55. The molecule has 1 nitrogen and oxygen atoms in total. The average Bonchev–Trinajstić information content (AvgIpc) is 3.13. The summed E-state index contributed by atoms with van der Waals surface area (Å²) in [6.45, 7) is 17.7. The summed E-state index contributed by atoms with van der Waals surface area (Å²) in [6, 6.07) is 0. The number of hydrogen-bond donors (Lipinski definition) is 1. The molecule has 4 aliphatic carbocycles. The Balaban J connectivity index is 0.00000173. The number of fused-ring (bicyclic) bond motifs is 5. The Morgan fingerprint density at radius 3 is 2.26 bits per heavy atom. The van der Waals surface area contributed by atoms with Crippen LogP contribution in [0.3, 0.4) is 0 Å². The van der Waals surface area contributed by atoms with E-state index in [-0.39, 0.29) is 82.4 Å². The molecule has 0 amide bonds. The third kappa shape index (κ3) is 7.47. The first-order chi connectivity index (χ1) is 15.3. The number of rotatable bonds is 5. The number of allylic oxidation sites excluding steroid dienone is 1. The maximum atomic E-state index is 10.2. The van der Waals surface area contributed by atoms with Gasteiger partial charge in [0.15, 0.2) is 0 Å². The summed E-state index contributed by atoms with van der Waals surface area (Å²) < 4.78 is 0. The van der Waals surface area contributed by atoms with E-state index in [0.29, 0.717) is 22.6 Å². The Hall–Kier alpha value is 1.82. The van der Waals surface area contributed by atoms with Crippen LogP contribution in [-0.4, -0.2) is 19.1 Å². The van der Waals surface area contributed by atoms with E-state index in [9.17, 15) is 5.11 Å². The third-order valence-corrected chi connectivity index (χ3v) is 10.2. The number of aliphatic hydroxyl groups excluding tert-OH is 1. The Bertz CT molecular complexity index is 604. The van der Waals surface area contributed by atoms with E-state index in [2.05, 4.69) is 33.8 Å². The number of aliphatic hydroxyl groups is 1. The van der Waals surface area contributed by atoms with Crippen molar-refractivity contribution in [2.45, 2.75) is 138 Å². The molecule has 192 valence electrons. The van der Waals surface area contributed by atoms with E-state index in [1.54, 1.807) is 5.57 Å². The molecule has 0 aromatic rings. The first kappa shape index (κ1) is 35.8. The zero-order valence-electron chi connectivity index (χ0n) is 24.9. The molecule has 3 saturated carbocycles. The van der Waals surface area contributed by atoms with Crippen LogP contribution in [0.4, 0.5) is 0 Å². The molecule has 0 aromatic carbocycles. The van der Waals surface area contributed by atoms with Crippen molar-refractivity contribution in [2.75, 3.05) is 0 Å². The van der Waals surface area contributed by atoms with Crippen LogP contribution in [-0.2, 0) is 0 Å². The fraction of sp³-hybridized carbons (Fsp3) is 0.903. The summed E-state index contributed by atoms with van der Waals surface area (Å²) in [6.07, 6.45) is 16.6. The van der Waals surface area contributed by atoms with Crippen LogP contribution >= 0.6 is 0 Å². The van der Waals surface area contributed by atoms with Crippen molar-refractivity contribution in [2.24, 2.45) is 40.4 Å². The molecule has 4 aliphatic rings. The van der Waals surface area contributed by atoms with Gasteiger partial charge in [-0.3, -0.25) is 0 Å². The second-order valence-corrected chi connectivity index (χ2v) is 11.8. The molecule has 0 aliphatic heterocycles. The number of hydrogen-bond acceptors (Lipinski definition) is 1. The fourth-order valence-electron chi connectivity index (χ4n) is 8.16. The second-order valence-electron chi connectivity index (χ2n) is 11.8.